The number of anilines is 1. The number of imidazole rings is 1. The fourth-order valence-electron chi connectivity index (χ4n) is 2.92. The van der Waals surface area contributed by atoms with Gasteiger partial charge in [-0.05, 0) is 24.8 Å². The summed E-state index contributed by atoms with van der Waals surface area (Å²) in [6.45, 7) is 4.44. The minimum atomic E-state index is 0.867. The van der Waals surface area contributed by atoms with Gasteiger partial charge in [-0.3, -0.25) is 0 Å². The van der Waals surface area contributed by atoms with Gasteiger partial charge >= 0.3 is 0 Å². The number of nitrogens with zero attached hydrogens (tertiary/aromatic N) is 3. The van der Waals surface area contributed by atoms with E-state index in [0.717, 1.165) is 30.9 Å². The molecule has 1 fully saturated rings. The van der Waals surface area contributed by atoms with Gasteiger partial charge in [-0.25, -0.2) is 4.98 Å². The molecular formula is C14H26N4. The predicted molar refractivity (Wildman–Crippen MR) is 75.7 cm³/mol. The topological polar surface area (TPSA) is 33.1 Å². The zero-order chi connectivity index (χ0) is 13.1. The van der Waals surface area contributed by atoms with Gasteiger partial charge in [-0.1, -0.05) is 19.8 Å². The molecule has 0 bridgehead atoms. The zero-order valence-corrected chi connectivity index (χ0v) is 12.1. The van der Waals surface area contributed by atoms with E-state index in [1.54, 1.807) is 0 Å². The largest absolute Gasteiger partial charge is 0.348 e. The smallest absolute Gasteiger partial charge is 0.204 e. The van der Waals surface area contributed by atoms with Crippen LogP contribution in [0.1, 0.15) is 31.9 Å². The Morgan fingerprint density at radius 3 is 2.78 bits per heavy atom. The van der Waals surface area contributed by atoms with Gasteiger partial charge in [0, 0.05) is 27.7 Å². The Morgan fingerprint density at radius 1 is 1.44 bits per heavy atom. The highest BCUT2D eigenvalue weighted by molar-refractivity contribution is 5.30. The molecule has 0 radical (unpaired) electrons. The highest BCUT2D eigenvalue weighted by atomic mass is 15.3. The Kier molecular flexibility index (Phi) is 4.27. The highest BCUT2D eigenvalue weighted by Crippen LogP contribution is 2.30. The lowest BCUT2D eigenvalue weighted by atomic mass is 9.98. The van der Waals surface area contributed by atoms with Gasteiger partial charge in [0.15, 0.2) is 0 Å². The first kappa shape index (κ1) is 13.4. The first-order chi connectivity index (χ1) is 8.59. The molecule has 1 aliphatic carbocycles. The van der Waals surface area contributed by atoms with E-state index in [9.17, 15) is 0 Å². The van der Waals surface area contributed by atoms with Crippen molar-refractivity contribution in [2.24, 2.45) is 18.9 Å². The van der Waals surface area contributed by atoms with Gasteiger partial charge in [0.05, 0.1) is 11.9 Å². The van der Waals surface area contributed by atoms with E-state index in [1.807, 2.05) is 25.2 Å². The summed E-state index contributed by atoms with van der Waals surface area (Å²) in [4.78, 5) is 6.47. The number of nitrogens with one attached hydrogen (secondary N) is 1. The highest BCUT2D eigenvalue weighted by Gasteiger charge is 2.22. The second-order valence-electron chi connectivity index (χ2n) is 5.80. The fourth-order valence-corrected chi connectivity index (χ4v) is 2.92. The Bertz CT molecular complexity index is 383. The molecule has 102 valence electrons. The average Bonchev–Trinajstić information content (AvgIpc) is 2.87. The lowest BCUT2D eigenvalue weighted by Crippen LogP contribution is -2.25. The van der Waals surface area contributed by atoms with Crippen molar-refractivity contribution in [1.82, 2.24) is 14.9 Å². The van der Waals surface area contributed by atoms with Crippen LogP contribution in [-0.2, 0) is 13.6 Å². The maximum atomic E-state index is 4.43. The van der Waals surface area contributed by atoms with E-state index >= 15 is 0 Å². The quantitative estimate of drug-likeness (QED) is 0.868. The molecule has 4 heteroatoms. The summed E-state index contributed by atoms with van der Waals surface area (Å²) in [5.41, 5.74) is 1.25. The molecule has 0 aromatic carbocycles. The number of aromatic nitrogens is 2. The third kappa shape index (κ3) is 2.86. The van der Waals surface area contributed by atoms with Gasteiger partial charge in [0.2, 0.25) is 5.95 Å². The van der Waals surface area contributed by atoms with Crippen molar-refractivity contribution >= 4 is 5.95 Å². The van der Waals surface area contributed by atoms with Crippen molar-refractivity contribution in [3.63, 3.8) is 0 Å². The van der Waals surface area contributed by atoms with Crippen LogP contribution in [0.15, 0.2) is 6.20 Å². The molecule has 1 heterocycles. The average molecular weight is 250 g/mol. The first-order valence-electron chi connectivity index (χ1n) is 6.98. The van der Waals surface area contributed by atoms with Crippen molar-refractivity contribution in [3.8, 4) is 0 Å². The monoisotopic (exact) mass is 250 g/mol. The molecule has 0 amide bonds. The Hall–Kier alpha value is -1.03. The number of hydrogen-bond acceptors (Lipinski definition) is 3. The van der Waals surface area contributed by atoms with E-state index < -0.39 is 0 Å². The van der Waals surface area contributed by atoms with E-state index in [0.29, 0.717) is 0 Å². The fraction of sp³-hybridized carbons (Fsp3) is 0.786. The summed E-state index contributed by atoms with van der Waals surface area (Å²) in [5, 5.41) is 3.59. The molecule has 1 N–H and O–H groups in total. The molecule has 2 atom stereocenters. The standard InChI is InChI=1S/C14H26N4/c1-11-6-5-7-12(11)8-15-9-13-10-16-14(17(2)3)18(13)4/h10-12,15H,5-9H2,1-4H3. The van der Waals surface area contributed by atoms with Crippen LogP contribution in [0.4, 0.5) is 5.95 Å². The molecule has 2 unspecified atom stereocenters. The second kappa shape index (κ2) is 5.74. The van der Waals surface area contributed by atoms with Gasteiger partial charge in [0.25, 0.3) is 0 Å². The van der Waals surface area contributed by atoms with Gasteiger partial charge in [-0.2, -0.15) is 0 Å². The van der Waals surface area contributed by atoms with Gasteiger partial charge in [-0.15, -0.1) is 0 Å². The molecule has 0 aliphatic heterocycles. The summed E-state index contributed by atoms with van der Waals surface area (Å²) >= 11 is 0. The van der Waals surface area contributed by atoms with Crippen LogP contribution < -0.4 is 10.2 Å². The molecule has 0 spiro atoms. The Labute approximate surface area is 110 Å². The van der Waals surface area contributed by atoms with Crippen LogP contribution in [-0.4, -0.2) is 30.2 Å². The third-order valence-corrected chi connectivity index (χ3v) is 4.21. The van der Waals surface area contributed by atoms with E-state index in [2.05, 4.69) is 28.8 Å². The lowest BCUT2D eigenvalue weighted by Gasteiger charge is -2.16. The van der Waals surface area contributed by atoms with Gasteiger partial charge < -0.3 is 14.8 Å². The second-order valence-corrected chi connectivity index (χ2v) is 5.80. The van der Waals surface area contributed by atoms with Crippen molar-refractivity contribution in [2.75, 3.05) is 25.5 Å². The molecule has 4 nitrogen and oxygen atoms in total. The molecule has 1 saturated carbocycles. The normalized spacial score (nSPS) is 23.6. The molecule has 1 aromatic rings. The maximum Gasteiger partial charge on any atom is 0.204 e. The van der Waals surface area contributed by atoms with Crippen molar-refractivity contribution in [2.45, 2.75) is 32.7 Å². The van der Waals surface area contributed by atoms with E-state index in [1.165, 1.54) is 25.0 Å². The van der Waals surface area contributed by atoms with Gasteiger partial charge in [0.1, 0.15) is 0 Å². The summed E-state index contributed by atoms with van der Waals surface area (Å²) in [6.07, 6.45) is 6.18. The third-order valence-electron chi connectivity index (χ3n) is 4.21. The summed E-state index contributed by atoms with van der Waals surface area (Å²) in [5.74, 6) is 2.77. The summed E-state index contributed by atoms with van der Waals surface area (Å²) in [6, 6.07) is 0. The molecule has 2 rings (SSSR count). The molecule has 18 heavy (non-hydrogen) atoms. The zero-order valence-electron chi connectivity index (χ0n) is 12.1. The molecule has 1 aliphatic rings. The van der Waals surface area contributed by atoms with Crippen LogP contribution in [0.25, 0.3) is 0 Å². The minimum Gasteiger partial charge on any atom is -0.348 e. The maximum absolute atomic E-state index is 4.43. The summed E-state index contributed by atoms with van der Waals surface area (Å²) < 4.78 is 2.16. The van der Waals surface area contributed by atoms with Crippen LogP contribution >= 0.6 is 0 Å². The van der Waals surface area contributed by atoms with Crippen LogP contribution in [0.5, 0.6) is 0 Å². The van der Waals surface area contributed by atoms with Crippen molar-refractivity contribution in [1.29, 1.82) is 0 Å². The van der Waals surface area contributed by atoms with Crippen LogP contribution in [0, 0.1) is 11.8 Å². The van der Waals surface area contributed by atoms with Crippen LogP contribution in [0.2, 0.25) is 0 Å². The minimum absolute atomic E-state index is 0.867. The Morgan fingerprint density at radius 2 is 2.22 bits per heavy atom. The van der Waals surface area contributed by atoms with Crippen molar-refractivity contribution in [3.05, 3.63) is 11.9 Å². The SMILES string of the molecule is CC1CCCC1CNCc1cnc(N(C)C)n1C. The number of hydrogen-bond donors (Lipinski definition) is 1. The van der Waals surface area contributed by atoms with Crippen LogP contribution in [0.3, 0.4) is 0 Å². The molecule has 1 aromatic heterocycles. The molecular weight excluding hydrogens is 224 g/mol. The van der Waals surface area contributed by atoms with Crippen molar-refractivity contribution < 1.29 is 0 Å². The summed E-state index contributed by atoms with van der Waals surface area (Å²) in [7, 11) is 6.14. The van der Waals surface area contributed by atoms with E-state index in [4.69, 9.17) is 0 Å². The van der Waals surface area contributed by atoms with E-state index in [-0.39, 0.29) is 0 Å². The number of rotatable bonds is 5. The lowest BCUT2D eigenvalue weighted by molar-refractivity contribution is 0.390. The predicted octanol–water partition coefficient (Wildman–Crippen LogP) is 2.01. The molecule has 0 saturated heterocycles. The first-order valence-corrected chi connectivity index (χ1v) is 6.98. The Balaban J connectivity index is 1.83.